The summed E-state index contributed by atoms with van der Waals surface area (Å²) in [6, 6.07) is 3.23. The summed E-state index contributed by atoms with van der Waals surface area (Å²) in [6.07, 6.45) is 1.66. The number of alkyl halides is 2. The first-order valence-corrected chi connectivity index (χ1v) is 11.3. The molecular formula is C25H19F5N6O. The summed E-state index contributed by atoms with van der Waals surface area (Å²) in [5, 5.41) is 0.468. The highest BCUT2D eigenvalue weighted by Crippen LogP contribution is 2.47. The number of halogens is 5. The molecule has 1 unspecified atom stereocenters. The molecule has 0 bridgehead atoms. The van der Waals surface area contributed by atoms with Crippen LogP contribution in [0.25, 0.3) is 22.2 Å². The molecule has 37 heavy (non-hydrogen) atoms. The number of aryl methyl sites for hydroxylation is 2. The van der Waals surface area contributed by atoms with E-state index >= 15 is 4.39 Å². The molecule has 7 nitrogen and oxygen atoms in total. The highest BCUT2D eigenvalue weighted by atomic mass is 19.3. The number of carbonyl (C=O) groups excluding carboxylic acids is 1. The number of hydrogen-bond acceptors (Lipinski definition) is 4. The van der Waals surface area contributed by atoms with Crippen molar-refractivity contribution in [3.8, 4) is 11.1 Å². The number of aromatic nitrogens is 3. The molecule has 2 aromatic heterocycles. The van der Waals surface area contributed by atoms with Crippen LogP contribution in [0.1, 0.15) is 23.0 Å². The third kappa shape index (κ3) is 3.35. The van der Waals surface area contributed by atoms with Crippen molar-refractivity contribution < 1.29 is 26.7 Å². The number of carbonyl (C=O) groups is 1. The standard InChI is InChI=1S/C25H19F5N6O/c1-11-32-22(31)20-15(8-34(2)23(20)33-11)14-4-3-13(7-17(14)27)35-9-19-21-16(5-12(26)6-18(21)28)25(29,30)10-36(19)24(35)37/h3-8,19H,9-10H2,1-2H3,(H2,31,32,33). The van der Waals surface area contributed by atoms with Crippen molar-refractivity contribution in [1.29, 1.82) is 0 Å². The van der Waals surface area contributed by atoms with Gasteiger partial charge in [-0.15, -0.1) is 0 Å². The molecule has 1 fully saturated rings. The molecule has 6 rings (SSSR count). The van der Waals surface area contributed by atoms with Crippen LogP contribution in [0, 0.1) is 24.4 Å². The molecule has 1 atom stereocenters. The Kier molecular flexibility index (Phi) is 4.79. The van der Waals surface area contributed by atoms with Crippen LogP contribution >= 0.6 is 0 Å². The fourth-order valence-electron chi connectivity index (χ4n) is 5.31. The summed E-state index contributed by atoms with van der Waals surface area (Å²) < 4.78 is 75.0. The highest BCUT2D eigenvalue weighted by molar-refractivity contribution is 6.01. The van der Waals surface area contributed by atoms with Gasteiger partial charge < -0.3 is 15.2 Å². The number of anilines is 2. The molecule has 2 aliphatic rings. The predicted octanol–water partition coefficient (Wildman–Crippen LogP) is 5.03. The molecule has 12 heteroatoms. The summed E-state index contributed by atoms with van der Waals surface area (Å²) in [5.41, 5.74) is 6.12. The number of amides is 2. The van der Waals surface area contributed by atoms with Crippen LogP contribution in [0.4, 0.5) is 38.3 Å². The van der Waals surface area contributed by atoms with E-state index in [1.807, 2.05) is 0 Å². The van der Waals surface area contributed by atoms with Crippen LogP contribution in [-0.4, -0.2) is 38.6 Å². The lowest BCUT2D eigenvalue weighted by Crippen LogP contribution is -2.44. The Labute approximate surface area is 206 Å². The largest absolute Gasteiger partial charge is 0.383 e. The molecule has 2 N–H and O–H groups in total. The summed E-state index contributed by atoms with van der Waals surface area (Å²) in [4.78, 5) is 23.6. The van der Waals surface area contributed by atoms with E-state index in [9.17, 15) is 22.4 Å². The van der Waals surface area contributed by atoms with E-state index in [1.165, 1.54) is 12.1 Å². The van der Waals surface area contributed by atoms with Gasteiger partial charge in [0, 0.05) is 47.3 Å². The zero-order valence-electron chi connectivity index (χ0n) is 19.6. The maximum Gasteiger partial charge on any atom is 0.325 e. The quantitative estimate of drug-likeness (QED) is 0.381. The van der Waals surface area contributed by atoms with Gasteiger partial charge in [0.25, 0.3) is 5.92 Å². The highest BCUT2D eigenvalue weighted by Gasteiger charge is 2.53. The van der Waals surface area contributed by atoms with Gasteiger partial charge in [0.15, 0.2) is 0 Å². The second-order valence-corrected chi connectivity index (χ2v) is 9.26. The van der Waals surface area contributed by atoms with Gasteiger partial charge in [-0.25, -0.2) is 27.9 Å². The Morgan fingerprint density at radius 2 is 1.81 bits per heavy atom. The van der Waals surface area contributed by atoms with Crippen LogP contribution in [0.5, 0.6) is 0 Å². The van der Waals surface area contributed by atoms with Crippen molar-refractivity contribution in [3.63, 3.8) is 0 Å². The number of fused-ring (bicyclic) bond motifs is 4. The molecule has 4 aromatic rings. The molecule has 2 aliphatic heterocycles. The lowest BCUT2D eigenvalue weighted by atomic mass is 9.90. The van der Waals surface area contributed by atoms with E-state index in [1.54, 1.807) is 24.7 Å². The van der Waals surface area contributed by atoms with Crippen molar-refractivity contribution in [3.05, 3.63) is 70.9 Å². The summed E-state index contributed by atoms with van der Waals surface area (Å²) >= 11 is 0. The van der Waals surface area contributed by atoms with Gasteiger partial charge in [0.05, 0.1) is 24.5 Å². The lowest BCUT2D eigenvalue weighted by Gasteiger charge is -2.35. The minimum Gasteiger partial charge on any atom is -0.383 e. The van der Waals surface area contributed by atoms with Gasteiger partial charge >= 0.3 is 6.03 Å². The van der Waals surface area contributed by atoms with Gasteiger partial charge in [-0.2, -0.15) is 8.78 Å². The Morgan fingerprint density at radius 1 is 1.05 bits per heavy atom. The first-order chi connectivity index (χ1) is 17.5. The molecule has 0 saturated carbocycles. The normalized spacial score (nSPS) is 18.5. The van der Waals surface area contributed by atoms with E-state index in [0.717, 1.165) is 15.9 Å². The predicted molar refractivity (Wildman–Crippen MR) is 125 cm³/mol. The second-order valence-electron chi connectivity index (χ2n) is 9.26. The zero-order chi connectivity index (χ0) is 26.4. The Hall–Kier alpha value is -4.22. The van der Waals surface area contributed by atoms with Crippen LogP contribution in [0.15, 0.2) is 36.5 Å². The molecule has 4 heterocycles. The Morgan fingerprint density at radius 3 is 2.54 bits per heavy atom. The number of urea groups is 1. The Bertz CT molecular complexity index is 1630. The summed E-state index contributed by atoms with van der Waals surface area (Å²) in [6.45, 7) is 0.435. The number of hydrogen-bond donors (Lipinski definition) is 1. The van der Waals surface area contributed by atoms with Crippen LogP contribution in [0.3, 0.4) is 0 Å². The second kappa shape index (κ2) is 7.64. The maximum absolute atomic E-state index is 15.4. The van der Waals surface area contributed by atoms with Gasteiger partial charge in [-0.05, 0) is 31.2 Å². The van der Waals surface area contributed by atoms with Crippen LogP contribution in [-0.2, 0) is 13.0 Å². The van der Waals surface area contributed by atoms with E-state index < -0.39 is 53.1 Å². The van der Waals surface area contributed by atoms with Crippen molar-refractivity contribution in [2.24, 2.45) is 7.05 Å². The van der Waals surface area contributed by atoms with E-state index in [0.29, 0.717) is 34.6 Å². The third-order valence-corrected chi connectivity index (χ3v) is 6.91. The monoisotopic (exact) mass is 514 g/mol. The average Bonchev–Trinajstić information content (AvgIpc) is 3.30. The first-order valence-electron chi connectivity index (χ1n) is 11.3. The topological polar surface area (TPSA) is 80.3 Å². The molecule has 2 aromatic carbocycles. The van der Waals surface area contributed by atoms with Gasteiger partial charge in [-0.1, -0.05) is 0 Å². The number of nitrogen functional groups attached to an aromatic ring is 1. The molecular weight excluding hydrogens is 495 g/mol. The summed E-state index contributed by atoms with van der Waals surface area (Å²) in [7, 11) is 1.74. The first kappa shape index (κ1) is 23.2. The minimum atomic E-state index is -3.65. The van der Waals surface area contributed by atoms with Crippen LogP contribution < -0.4 is 10.6 Å². The third-order valence-electron chi connectivity index (χ3n) is 6.91. The smallest absolute Gasteiger partial charge is 0.325 e. The lowest BCUT2D eigenvalue weighted by molar-refractivity contribution is -0.0452. The van der Waals surface area contributed by atoms with E-state index in [4.69, 9.17) is 5.73 Å². The van der Waals surface area contributed by atoms with Crippen LogP contribution in [0.2, 0.25) is 0 Å². The van der Waals surface area contributed by atoms with E-state index in [-0.39, 0.29) is 23.6 Å². The molecule has 0 spiro atoms. The van der Waals surface area contributed by atoms with Crippen molar-refractivity contribution in [2.75, 3.05) is 23.7 Å². The average molecular weight is 514 g/mol. The molecule has 0 radical (unpaired) electrons. The molecule has 2 amide bonds. The molecule has 1 saturated heterocycles. The Balaban J connectivity index is 1.40. The fraction of sp³-hybridized carbons (Fsp3) is 0.240. The van der Waals surface area contributed by atoms with E-state index in [2.05, 4.69) is 9.97 Å². The van der Waals surface area contributed by atoms with Crippen molar-refractivity contribution in [2.45, 2.75) is 18.9 Å². The number of nitrogens with two attached hydrogens (primary N) is 1. The SMILES string of the molecule is Cc1nc(N)c2c(-c3ccc(N4CC5c6c(F)cc(F)cc6C(F)(F)CN5C4=O)cc3F)cn(C)c2n1. The molecule has 0 aliphatic carbocycles. The molecule has 190 valence electrons. The zero-order valence-corrected chi connectivity index (χ0v) is 19.6. The number of nitrogens with zero attached hydrogens (tertiary/aromatic N) is 5. The fourth-order valence-corrected chi connectivity index (χ4v) is 5.31. The number of rotatable bonds is 2. The van der Waals surface area contributed by atoms with Gasteiger partial charge in [-0.3, -0.25) is 4.90 Å². The summed E-state index contributed by atoms with van der Waals surface area (Å²) in [5.74, 6) is -5.98. The number of benzene rings is 2. The van der Waals surface area contributed by atoms with Crippen molar-refractivity contribution >= 4 is 28.6 Å². The van der Waals surface area contributed by atoms with Gasteiger partial charge in [0.1, 0.15) is 34.7 Å². The minimum absolute atomic E-state index is 0.105. The van der Waals surface area contributed by atoms with Crippen molar-refractivity contribution in [1.82, 2.24) is 19.4 Å². The van der Waals surface area contributed by atoms with Gasteiger partial charge in [0.2, 0.25) is 0 Å². The maximum atomic E-state index is 15.4.